The molecular weight excluding hydrogens is 364 g/mol. The highest BCUT2D eigenvalue weighted by atomic mass is 32.1. The van der Waals surface area contributed by atoms with Crippen LogP contribution in [-0.2, 0) is 0 Å². The van der Waals surface area contributed by atoms with Crippen LogP contribution in [0.5, 0.6) is 11.6 Å². The first-order chi connectivity index (χ1) is 13.3. The molecule has 5 rings (SSSR count). The van der Waals surface area contributed by atoms with Crippen LogP contribution < -0.4 is 10.5 Å². The van der Waals surface area contributed by atoms with Gasteiger partial charge in [0.2, 0.25) is 11.7 Å². The molecule has 0 saturated carbocycles. The summed E-state index contributed by atoms with van der Waals surface area (Å²) in [5, 5.41) is 7.08. The summed E-state index contributed by atoms with van der Waals surface area (Å²) >= 11 is 1.59. The first-order valence-corrected chi connectivity index (χ1v) is 8.88. The third-order valence-corrected chi connectivity index (χ3v) is 4.67. The summed E-state index contributed by atoms with van der Waals surface area (Å²) in [7, 11) is 0. The van der Waals surface area contributed by atoms with Crippen molar-refractivity contribution in [1.29, 1.82) is 0 Å². The van der Waals surface area contributed by atoms with E-state index in [1.165, 1.54) is 6.33 Å². The van der Waals surface area contributed by atoms with Gasteiger partial charge in [-0.3, -0.25) is 0 Å². The maximum absolute atomic E-state index is 5.92. The summed E-state index contributed by atoms with van der Waals surface area (Å²) in [6.45, 7) is 0. The summed E-state index contributed by atoms with van der Waals surface area (Å²) in [5.74, 6) is 2.26. The van der Waals surface area contributed by atoms with Crippen molar-refractivity contribution in [1.82, 2.24) is 24.6 Å². The van der Waals surface area contributed by atoms with E-state index in [1.54, 1.807) is 40.2 Å². The third kappa shape index (κ3) is 2.89. The van der Waals surface area contributed by atoms with Crippen LogP contribution in [0.15, 0.2) is 64.8 Å². The topological polar surface area (TPSA) is 104 Å². The molecule has 0 saturated heterocycles. The van der Waals surface area contributed by atoms with E-state index < -0.39 is 0 Å². The predicted octanol–water partition coefficient (Wildman–Crippen LogP) is 3.88. The van der Waals surface area contributed by atoms with E-state index >= 15 is 0 Å². The Labute approximate surface area is 156 Å². The Kier molecular flexibility index (Phi) is 3.58. The van der Waals surface area contributed by atoms with E-state index in [9.17, 15) is 0 Å². The third-order valence-electron chi connectivity index (χ3n) is 3.85. The second-order valence-corrected chi connectivity index (χ2v) is 6.51. The molecule has 1 aromatic carbocycles. The molecule has 0 aliphatic rings. The second-order valence-electron chi connectivity index (χ2n) is 5.61. The molecule has 27 heavy (non-hydrogen) atoms. The molecule has 8 nitrogen and oxygen atoms in total. The molecule has 0 amide bonds. The maximum Gasteiger partial charge on any atom is 0.225 e. The number of rotatable bonds is 4. The van der Waals surface area contributed by atoms with E-state index in [4.69, 9.17) is 14.9 Å². The second kappa shape index (κ2) is 6.22. The van der Waals surface area contributed by atoms with Crippen molar-refractivity contribution in [2.75, 3.05) is 5.73 Å². The van der Waals surface area contributed by atoms with Crippen LogP contribution in [0.25, 0.3) is 27.8 Å². The van der Waals surface area contributed by atoms with Gasteiger partial charge in [0.25, 0.3) is 0 Å². The van der Waals surface area contributed by atoms with Gasteiger partial charge in [-0.2, -0.15) is 14.6 Å². The van der Waals surface area contributed by atoms with Gasteiger partial charge in [0.05, 0.1) is 0 Å². The van der Waals surface area contributed by atoms with Crippen LogP contribution in [0.2, 0.25) is 0 Å². The van der Waals surface area contributed by atoms with E-state index in [-0.39, 0.29) is 0 Å². The van der Waals surface area contributed by atoms with Crippen LogP contribution in [0.3, 0.4) is 0 Å². The fraction of sp³-hybridized carbons (Fsp3) is 0. The van der Waals surface area contributed by atoms with Crippen molar-refractivity contribution < 1.29 is 9.15 Å². The Hall–Kier alpha value is -3.72. The van der Waals surface area contributed by atoms with Crippen LogP contribution in [0.4, 0.5) is 5.88 Å². The first-order valence-electron chi connectivity index (χ1n) is 8.00. The number of nitrogens with two attached hydrogens (primary N) is 1. The standard InChI is InChI=1S/C18H12N6O2S/c19-14-6-5-13(26-14)17-23-16(9-15-21-10-22-24(15)17)25-12-3-1-11(2-4-12)18-20-7-8-27-18/h1-10H,19H2. The Morgan fingerprint density at radius 3 is 2.70 bits per heavy atom. The highest BCUT2D eigenvalue weighted by molar-refractivity contribution is 7.13. The van der Waals surface area contributed by atoms with Crippen LogP contribution in [0.1, 0.15) is 0 Å². The molecule has 2 N–H and O–H groups in total. The van der Waals surface area contributed by atoms with E-state index in [2.05, 4.69) is 20.1 Å². The number of fused-ring (bicyclic) bond motifs is 1. The van der Waals surface area contributed by atoms with Crippen molar-refractivity contribution >= 4 is 22.9 Å². The van der Waals surface area contributed by atoms with Gasteiger partial charge in [-0.1, -0.05) is 0 Å². The number of nitrogens with zero attached hydrogens (tertiary/aromatic N) is 5. The molecule has 0 aliphatic heterocycles. The Balaban J connectivity index is 1.50. The zero-order valence-corrected chi connectivity index (χ0v) is 14.6. The van der Waals surface area contributed by atoms with Crippen molar-refractivity contribution in [2.45, 2.75) is 0 Å². The number of hydrogen-bond acceptors (Lipinski definition) is 8. The van der Waals surface area contributed by atoms with Crippen molar-refractivity contribution in [3.8, 4) is 33.8 Å². The monoisotopic (exact) mass is 376 g/mol. The normalized spacial score (nSPS) is 11.1. The maximum atomic E-state index is 5.92. The molecule has 0 bridgehead atoms. The quantitative estimate of drug-likeness (QED) is 0.507. The molecule has 0 fully saturated rings. The average Bonchev–Trinajstić information content (AvgIpc) is 3.43. The fourth-order valence-electron chi connectivity index (χ4n) is 2.64. The van der Waals surface area contributed by atoms with Gasteiger partial charge in [-0.15, -0.1) is 11.3 Å². The molecule has 0 radical (unpaired) electrons. The highest BCUT2D eigenvalue weighted by Crippen LogP contribution is 2.29. The SMILES string of the molecule is Nc1ccc(-c2nc(Oc3ccc(-c4nccs4)cc3)cc3ncnn23)o1. The first kappa shape index (κ1) is 15.5. The number of anilines is 1. The lowest BCUT2D eigenvalue weighted by molar-refractivity contribution is 0.461. The molecule has 5 aromatic rings. The Bertz CT molecular complexity index is 1210. The van der Waals surface area contributed by atoms with E-state index in [0.717, 1.165) is 10.6 Å². The van der Waals surface area contributed by atoms with Gasteiger partial charge in [0.1, 0.15) is 17.1 Å². The van der Waals surface area contributed by atoms with Gasteiger partial charge in [-0.25, -0.2) is 9.97 Å². The van der Waals surface area contributed by atoms with Crippen LogP contribution in [0, 0.1) is 0 Å². The lowest BCUT2D eigenvalue weighted by Gasteiger charge is -2.08. The summed E-state index contributed by atoms with van der Waals surface area (Å²) in [4.78, 5) is 13.0. The number of benzene rings is 1. The van der Waals surface area contributed by atoms with E-state index in [0.29, 0.717) is 34.7 Å². The summed E-state index contributed by atoms with van der Waals surface area (Å²) in [6, 6.07) is 12.7. The number of nitrogen functional groups attached to an aromatic ring is 1. The highest BCUT2D eigenvalue weighted by Gasteiger charge is 2.14. The Morgan fingerprint density at radius 2 is 1.96 bits per heavy atom. The van der Waals surface area contributed by atoms with Gasteiger partial charge >= 0.3 is 0 Å². The molecule has 132 valence electrons. The lowest BCUT2D eigenvalue weighted by Crippen LogP contribution is -1.99. The minimum absolute atomic E-state index is 0.296. The number of thiazole rings is 1. The molecule has 0 aliphatic carbocycles. The molecule has 9 heteroatoms. The number of aromatic nitrogens is 5. The predicted molar refractivity (Wildman–Crippen MR) is 101 cm³/mol. The molecule has 0 spiro atoms. The molecule has 4 heterocycles. The zero-order valence-electron chi connectivity index (χ0n) is 13.8. The minimum atomic E-state index is 0.296. The van der Waals surface area contributed by atoms with Gasteiger partial charge in [-0.05, 0) is 30.3 Å². The van der Waals surface area contributed by atoms with Crippen molar-refractivity contribution in [3.63, 3.8) is 0 Å². The van der Waals surface area contributed by atoms with E-state index in [1.807, 2.05) is 29.6 Å². The van der Waals surface area contributed by atoms with Crippen molar-refractivity contribution in [3.05, 3.63) is 60.4 Å². The molecule has 0 atom stereocenters. The zero-order chi connectivity index (χ0) is 18.2. The van der Waals surface area contributed by atoms with Crippen LogP contribution in [-0.4, -0.2) is 24.6 Å². The fourth-order valence-corrected chi connectivity index (χ4v) is 3.29. The number of furan rings is 1. The average molecular weight is 376 g/mol. The number of hydrogen-bond donors (Lipinski definition) is 1. The summed E-state index contributed by atoms with van der Waals surface area (Å²) in [5.41, 5.74) is 7.30. The number of ether oxygens (including phenoxy) is 1. The summed E-state index contributed by atoms with van der Waals surface area (Å²) in [6.07, 6.45) is 3.23. The Morgan fingerprint density at radius 1 is 1.07 bits per heavy atom. The molecule has 0 unspecified atom stereocenters. The largest absolute Gasteiger partial charge is 0.439 e. The van der Waals surface area contributed by atoms with Crippen molar-refractivity contribution in [2.24, 2.45) is 0 Å². The van der Waals surface area contributed by atoms with Gasteiger partial charge < -0.3 is 14.9 Å². The van der Waals surface area contributed by atoms with Gasteiger partial charge in [0, 0.05) is 29.3 Å². The molecule has 4 aromatic heterocycles. The minimum Gasteiger partial charge on any atom is -0.439 e. The molecular formula is C18H12N6O2S. The summed E-state index contributed by atoms with van der Waals surface area (Å²) < 4.78 is 13.0. The van der Waals surface area contributed by atoms with Gasteiger partial charge in [0.15, 0.2) is 17.3 Å². The van der Waals surface area contributed by atoms with Crippen LogP contribution >= 0.6 is 11.3 Å². The smallest absolute Gasteiger partial charge is 0.225 e. The lowest BCUT2D eigenvalue weighted by atomic mass is 10.2.